The van der Waals surface area contributed by atoms with Gasteiger partial charge in [-0.2, -0.15) is 0 Å². The molecule has 0 saturated heterocycles. The average molecular weight is 304 g/mol. The molecule has 0 bridgehead atoms. The highest BCUT2D eigenvalue weighted by Gasteiger charge is 2.15. The molecule has 1 heterocycles. The third kappa shape index (κ3) is 4.29. The first kappa shape index (κ1) is 16.0. The molecule has 0 aliphatic rings. The number of rotatable bonds is 7. The van der Waals surface area contributed by atoms with Gasteiger partial charge in [0, 0.05) is 12.1 Å². The summed E-state index contributed by atoms with van der Waals surface area (Å²) in [4.78, 5) is 13.9. The molecule has 2 rings (SSSR count). The Hall–Kier alpha value is -2.41. The molecule has 0 radical (unpaired) electrons. The Morgan fingerprint density at radius 3 is 2.64 bits per heavy atom. The summed E-state index contributed by atoms with van der Waals surface area (Å²) in [5.74, 6) is 0.657. The maximum atomic E-state index is 11.9. The van der Waals surface area contributed by atoms with Gasteiger partial charge >= 0.3 is 11.8 Å². The van der Waals surface area contributed by atoms with Crippen LogP contribution < -0.4 is 10.1 Å². The summed E-state index contributed by atoms with van der Waals surface area (Å²) in [6, 6.07) is 7.18. The van der Waals surface area contributed by atoms with Gasteiger partial charge in [-0.1, -0.05) is 0 Å². The summed E-state index contributed by atoms with van der Waals surface area (Å²) in [6.45, 7) is 1.47. The topological polar surface area (TPSA) is 80.5 Å². The van der Waals surface area contributed by atoms with Gasteiger partial charge in [-0.05, 0) is 51.3 Å². The Kier molecular flexibility index (Phi) is 5.48. The SMILES string of the molecule is COc1ccc(-c2nnc(C(=O)NCCCN(C)C)o2)cc1. The predicted octanol–water partition coefficient (Wildman–Crippen LogP) is 1.43. The largest absolute Gasteiger partial charge is 0.497 e. The minimum atomic E-state index is -0.356. The number of carbonyl (C=O) groups excluding carboxylic acids is 1. The molecule has 0 saturated carbocycles. The fourth-order valence-corrected chi connectivity index (χ4v) is 1.84. The number of ether oxygens (including phenoxy) is 1. The first-order chi connectivity index (χ1) is 10.6. The van der Waals surface area contributed by atoms with Gasteiger partial charge in [0.15, 0.2) is 0 Å². The van der Waals surface area contributed by atoms with E-state index in [4.69, 9.17) is 9.15 Å². The average Bonchev–Trinajstić information content (AvgIpc) is 3.01. The Balaban J connectivity index is 1.93. The van der Waals surface area contributed by atoms with Gasteiger partial charge in [-0.25, -0.2) is 0 Å². The van der Waals surface area contributed by atoms with Crippen LogP contribution in [-0.2, 0) is 0 Å². The quantitative estimate of drug-likeness (QED) is 0.779. The van der Waals surface area contributed by atoms with Crippen molar-refractivity contribution in [3.05, 3.63) is 30.2 Å². The normalized spacial score (nSPS) is 10.7. The summed E-state index contributed by atoms with van der Waals surface area (Å²) in [7, 11) is 5.57. The second-order valence-electron chi connectivity index (χ2n) is 5.05. The van der Waals surface area contributed by atoms with Crippen molar-refractivity contribution in [3.63, 3.8) is 0 Å². The molecule has 7 nitrogen and oxygen atoms in total. The maximum Gasteiger partial charge on any atom is 0.308 e. The smallest absolute Gasteiger partial charge is 0.308 e. The van der Waals surface area contributed by atoms with E-state index < -0.39 is 0 Å². The van der Waals surface area contributed by atoms with Crippen LogP contribution in [0.15, 0.2) is 28.7 Å². The van der Waals surface area contributed by atoms with Crippen LogP contribution in [0.25, 0.3) is 11.5 Å². The number of nitrogens with zero attached hydrogens (tertiary/aromatic N) is 3. The van der Waals surface area contributed by atoms with Gasteiger partial charge in [0.2, 0.25) is 5.89 Å². The molecular weight excluding hydrogens is 284 g/mol. The van der Waals surface area contributed by atoms with Gasteiger partial charge in [0.1, 0.15) is 5.75 Å². The molecule has 22 heavy (non-hydrogen) atoms. The van der Waals surface area contributed by atoms with E-state index in [-0.39, 0.29) is 11.8 Å². The standard InChI is InChI=1S/C15H20N4O3/c1-19(2)10-4-9-16-13(20)15-18-17-14(22-15)11-5-7-12(21-3)8-6-11/h5-8H,4,9-10H2,1-3H3,(H,16,20). The summed E-state index contributed by atoms with van der Waals surface area (Å²) >= 11 is 0. The number of methoxy groups -OCH3 is 1. The van der Waals surface area contributed by atoms with Gasteiger partial charge in [-0.15, -0.1) is 10.2 Å². The van der Waals surface area contributed by atoms with E-state index in [1.54, 1.807) is 31.4 Å². The highest BCUT2D eigenvalue weighted by atomic mass is 16.5. The van der Waals surface area contributed by atoms with Crippen LogP contribution in [0, 0.1) is 0 Å². The van der Waals surface area contributed by atoms with E-state index in [9.17, 15) is 4.79 Å². The van der Waals surface area contributed by atoms with Gasteiger partial charge in [0.25, 0.3) is 0 Å². The number of amides is 1. The van der Waals surface area contributed by atoms with Gasteiger partial charge in [0.05, 0.1) is 7.11 Å². The van der Waals surface area contributed by atoms with E-state index in [0.717, 1.165) is 24.3 Å². The Labute approximate surface area is 129 Å². The summed E-state index contributed by atoms with van der Waals surface area (Å²) in [6.07, 6.45) is 0.859. The van der Waals surface area contributed by atoms with Crippen LogP contribution >= 0.6 is 0 Å². The predicted molar refractivity (Wildman–Crippen MR) is 81.8 cm³/mol. The first-order valence-electron chi connectivity index (χ1n) is 7.01. The number of carbonyl (C=O) groups is 1. The number of nitrogens with one attached hydrogen (secondary N) is 1. The molecule has 0 aliphatic heterocycles. The number of aromatic nitrogens is 2. The van der Waals surface area contributed by atoms with Crippen molar-refractivity contribution in [2.75, 3.05) is 34.3 Å². The highest BCUT2D eigenvalue weighted by molar-refractivity contribution is 5.89. The van der Waals surface area contributed by atoms with Gasteiger partial charge in [-0.3, -0.25) is 4.79 Å². The Bertz CT molecular complexity index is 608. The molecular formula is C15H20N4O3. The van der Waals surface area contributed by atoms with Crippen molar-refractivity contribution in [2.45, 2.75) is 6.42 Å². The Morgan fingerprint density at radius 2 is 2.00 bits per heavy atom. The lowest BCUT2D eigenvalue weighted by molar-refractivity contribution is 0.0918. The van der Waals surface area contributed by atoms with E-state index in [1.807, 2.05) is 14.1 Å². The molecule has 0 atom stereocenters. The van der Waals surface area contributed by atoms with Crippen LogP contribution in [0.1, 0.15) is 17.1 Å². The van der Waals surface area contributed by atoms with Crippen LogP contribution in [0.3, 0.4) is 0 Å². The van der Waals surface area contributed by atoms with E-state index in [1.165, 1.54) is 0 Å². The zero-order chi connectivity index (χ0) is 15.9. The molecule has 1 aromatic carbocycles. The lowest BCUT2D eigenvalue weighted by atomic mass is 10.2. The molecule has 1 aromatic heterocycles. The third-order valence-electron chi connectivity index (χ3n) is 3.02. The molecule has 7 heteroatoms. The fraction of sp³-hybridized carbons (Fsp3) is 0.400. The first-order valence-corrected chi connectivity index (χ1v) is 7.01. The molecule has 0 spiro atoms. The maximum absolute atomic E-state index is 11.9. The summed E-state index contributed by atoms with van der Waals surface area (Å²) in [5, 5.41) is 10.4. The van der Waals surface area contributed by atoms with Crippen molar-refractivity contribution < 1.29 is 13.9 Å². The van der Waals surface area contributed by atoms with Crippen LogP contribution in [0.5, 0.6) is 5.75 Å². The minimum absolute atomic E-state index is 0.0318. The second-order valence-corrected chi connectivity index (χ2v) is 5.05. The van der Waals surface area contributed by atoms with Crippen molar-refractivity contribution in [1.29, 1.82) is 0 Å². The van der Waals surface area contributed by atoms with Crippen molar-refractivity contribution in [1.82, 2.24) is 20.4 Å². The molecule has 1 N–H and O–H groups in total. The van der Waals surface area contributed by atoms with E-state index in [2.05, 4.69) is 20.4 Å². The third-order valence-corrected chi connectivity index (χ3v) is 3.02. The number of benzene rings is 1. The fourth-order valence-electron chi connectivity index (χ4n) is 1.84. The van der Waals surface area contributed by atoms with Crippen LogP contribution in [-0.4, -0.2) is 55.3 Å². The minimum Gasteiger partial charge on any atom is -0.497 e. The summed E-state index contributed by atoms with van der Waals surface area (Å²) < 4.78 is 10.5. The van der Waals surface area contributed by atoms with Crippen molar-refractivity contribution in [3.8, 4) is 17.2 Å². The van der Waals surface area contributed by atoms with E-state index >= 15 is 0 Å². The lowest BCUT2D eigenvalue weighted by Gasteiger charge is -2.08. The van der Waals surface area contributed by atoms with Crippen LogP contribution in [0.2, 0.25) is 0 Å². The molecule has 2 aromatic rings. The molecule has 1 amide bonds. The van der Waals surface area contributed by atoms with Gasteiger partial charge < -0.3 is 19.4 Å². The molecule has 0 aliphatic carbocycles. The monoisotopic (exact) mass is 304 g/mol. The highest BCUT2D eigenvalue weighted by Crippen LogP contribution is 2.20. The number of hydrogen-bond donors (Lipinski definition) is 1. The van der Waals surface area contributed by atoms with Crippen molar-refractivity contribution in [2.24, 2.45) is 0 Å². The molecule has 0 unspecified atom stereocenters. The van der Waals surface area contributed by atoms with Crippen LogP contribution in [0.4, 0.5) is 0 Å². The molecule has 0 fully saturated rings. The number of hydrogen-bond acceptors (Lipinski definition) is 6. The lowest BCUT2D eigenvalue weighted by Crippen LogP contribution is -2.27. The second kappa shape index (κ2) is 7.56. The zero-order valence-electron chi connectivity index (χ0n) is 13.0. The Morgan fingerprint density at radius 1 is 1.27 bits per heavy atom. The summed E-state index contributed by atoms with van der Waals surface area (Å²) in [5.41, 5.74) is 0.736. The van der Waals surface area contributed by atoms with Crippen molar-refractivity contribution >= 4 is 5.91 Å². The van der Waals surface area contributed by atoms with E-state index in [0.29, 0.717) is 12.4 Å². The molecule has 118 valence electrons. The zero-order valence-corrected chi connectivity index (χ0v) is 13.0.